The van der Waals surface area contributed by atoms with Crippen LogP contribution in [-0.4, -0.2) is 43.0 Å². The Balaban J connectivity index is 1.79. The molecule has 4 aromatic rings. The third-order valence-electron chi connectivity index (χ3n) is 4.55. The van der Waals surface area contributed by atoms with Crippen molar-refractivity contribution in [1.29, 1.82) is 0 Å². The Hall–Kier alpha value is -3.59. The predicted molar refractivity (Wildman–Crippen MR) is 114 cm³/mol. The quantitative estimate of drug-likeness (QED) is 0.469. The largest absolute Gasteiger partial charge is 0.497 e. The van der Waals surface area contributed by atoms with E-state index in [0.29, 0.717) is 38.3 Å². The van der Waals surface area contributed by atoms with Crippen LogP contribution in [0, 0.1) is 0 Å². The molecule has 0 saturated carbocycles. The summed E-state index contributed by atoms with van der Waals surface area (Å²) < 4.78 is 23.0. The van der Waals surface area contributed by atoms with Gasteiger partial charge >= 0.3 is 0 Å². The highest BCUT2D eigenvalue weighted by Gasteiger charge is 2.14. The summed E-state index contributed by atoms with van der Waals surface area (Å²) >= 11 is 1.25. The molecule has 9 heteroatoms. The average molecular weight is 425 g/mol. The highest BCUT2D eigenvalue weighted by atomic mass is 32.1. The van der Waals surface area contributed by atoms with Crippen LogP contribution in [0.4, 0.5) is 0 Å². The van der Waals surface area contributed by atoms with Crippen LogP contribution >= 0.6 is 11.3 Å². The molecular weight excluding hydrogens is 406 g/mol. The molecule has 2 aromatic heterocycles. The third-order valence-corrected chi connectivity index (χ3v) is 5.51. The van der Waals surface area contributed by atoms with Crippen LogP contribution in [0.3, 0.4) is 0 Å². The van der Waals surface area contributed by atoms with Crippen molar-refractivity contribution in [2.24, 2.45) is 0 Å². The summed E-state index contributed by atoms with van der Waals surface area (Å²) in [6.07, 6.45) is 1.75. The lowest BCUT2D eigenvalue weighted by Crippen LogP contribution is -2.23. The lowest BCUT2D eigenvalue weighted by atomic mass is 10.2. The van der Waals surface area contributed by atoms with E-state index in [9.17, 15) is 4.79 Å². The predicted octanol–water partition coefficient (Wildman–Crippen LogP) is 2.40. The number of rotatable bonds is 6. The summed E-state index contributed by atoms with van der Waals surface area (Å²) in [5.41, 5.74) is 1.21. The highest BCUT2D eigenvalue weighted by molar-refractivity contribution is 7.15. The van der Waals surface area contributed by atoms with Crippen LogP contribution < -0.4 is 29.0 Å². The Kier molecular flexibility index (Phi) is 5.28. The Morgan fingerprint density at radius 3 is 2.30 bits per heavy atom. The van der Waals surface area contributed by atoms with Gasteiger partial charge in [-0.3, -0.25) is 4.79 Å². The van der Waals surface area contributed by atoms with Gasteiger partial charge in [0.1, 0.15) is 11.5 Å². The summed E-state index contributed by atoms with van der Waals surface area (Å²) in [4.78, 5) is 17.9. The van der Waals surface area contributed by atoms with Crippen LogP contribution in [0.25, 0.3) is 22.4 Å². The summed E-state index contributed by atoms with van der Waals surface area (Å²) in [5, 5.41) is 4.38. The topological polar surface area (TPSA) is 84.2 Å². The van der Waals surface area contributed by atoms with E-state index >= 15 is 0 Å². The number of thiazole rings is 1. The molecule has 4 rings (SSSR count). The van der Waals surface area contributed by atoms with Crippen LogP contribution in [0.5, 0.6) is 23.0 Å². The van der Waals surface area contributed by atoms with E-state index in [1.54, 1.807) is 58.8 Å². The van der Waals surface area contributed by atoms with Crippen molar-refractivity contribution in [3.8, 4) is 34.4 Å². The van der Waals surface area contributed by atoms with Crippen molar-refractivity contribution in [3.63, 3.8) is 0 Å². The molecular formula is C21H19N3O5S. The number of fused-ring (bicyclic) bond motifs is 1. The molecule has 8 nitrogen and oxygen atoms in total. The zero-order valence-electron chi connectivity index (χ0n) is 16.8. The average Bonchev–Trinajstić information content (AvgIpc) is 3.32. The van der Waals surface area contributed by atoms with Gasteiger partial charge in [0.05, 0.1) is 33.0 Å². The highest BCUT2D eigenvalue weighted by Crippen LogP contribution is 2.31. The van der Waals surface area contributed by atoms with Gasteiger partial charge in [0.25, 0.3) is 5.56 Å². The van der Waals surface area contributed by atoms with Crippen LogP contribution in [-0.2, 0) is 0 Å². The Bertz CT molecular complexity index is 1330. The Morgan fingerprint density at radius 2 is 1.63 bits per heavy atom. The van der Waals surface area contributed by atoms with E-state index in [1.165, 1.54) is 15.9 Å². The lowest BCUT2D eigenvalue weighted by Gasteiger charge is -2.07. The van der Waals surface area contributed by atoms with E-state index < -0.39 is 0 Å². The van der Waals surface area contributed by atoms with Gasteiger partial charge in [0, 0.05) is 11.1 Å². The summed E-state index contributed by atoms with van der Waals surface area (Å²) in [5.74, 6) is 2.92. The van der Waals surface area contributed by atoms with E-state index in [0.717, 1.165) is 11.1 Å². The molecule has 30 heavy (non-hydrogen) atoms. The first-order valence-corrected chi connectivity index (χ1v) is 9.75. The third kappa shape index (κ3) is 3.43. The second-order valence-electron chi connectivity index (χ2n) is 6.22. The van der Waals surface area contributed by atoms with Gasteiger partial charge in [-0.15, -0.1) is 5.10 Å². The second-order valence-corrected chi connectivity index (χ2v) is 7.23. The number of hydrogen-bond donors (Lipinski definition) is 0. The monoisotopic (exact) mass is 425 g/mol. The lowest BCUT2D eigenvalue weighted by molar-refractivity contribution is 0.355. The molecule has 0 fully saturated rings. The first kappa shape index (κ1) is 19.7. The van der Waals surface area contributed by atoms with Gasteiger partial charge in [0.2, 0.25) is 4.96 Å². The van der Waals surface area contributed by atoms with Gasteiger partial charge in [-0.2, -0.15) is 9.50 Å². The molecule has 0 atom stereocenters. The molecule has 0 radical (unpaired) electrons. The van der Waals surface area contributed by atoms with Crippen molar-refractivity contribution < 1.29 is 18.9 Å². The van der Waals surface area contributed by atoms with E-state index in [4.69, 9.17) is 18.9 Å². The zero-order valence-corrected chi connectivity index (χ0v) is 17.6. The van der Waals surface area contributed by atoms with Crippen molar-refractivity contribution in [2.45, 2.75) is 0 Å². The van der Waals surface area contributed by atoms with Gasteiger partial charge < -0.3 is 18.9 Å². The standard InChI is InChI=1S/C21H19N3O5S/c1-26-14-6-8-15(27-2)13(9-14)11-18-20(25)24-21(30-18)22-19(23-24)12-5-7-16(28-3)17(10-12)29-4/h5-11H,1-4H3. The molecule has 0 amide bonds. The van der Waals surface area contributed by atoms with Gasteiger partial charge in [-0.05, 0) is 42.5 Å². The van der Waals surface area contributed by atoms with Crippen molar-refractivity contribution >= 4 is 22.4 Å². The summed E-state index contributed by atoms with van der Waals surface area (Å²) in [6, 6.07) is 10.8. The molecule has 0 unspecified atom stereocenters. The molecule has 0 aliphatic carbocycles. The second kappa shape index (κ2) is 8.03. The molecule has 0 aliphatic rings. The first-order chi connectivity index (χ1) is 14.6. The molecule has 2 heterocycles. The normalized spacial score (nSPS) is 11.7. The molecule has 0 spiro atoms. The van der Waals surface area contributed by atoms with E-state index in [2.05, 4.69) is 10.1 Å². The summed E-state index contributed by atoms with van der Waals surface area (Å²) in [6.45, 7) is 0. The minimum Gasteiger partial charge on any atom is -0.497 e. The molecule has 154 valence electrons. The molecule has 0 N–H and O–H groups in total. The van der Waals surface area contributed by atoms with Gasteiger partial charge in [-0.1, -0.05) is 11.3 Å². The maximum absolute atomic E-state index is 12.9. The molecule has 2 aromatic carbocycles. The number of methoxy groups -OCH3 is 4. The van der Waals surface area contributed by atoms with Gasteiger partial charge in [0.15, 0.2) is 17.3 Å². The number of nitrogens with zero attached hydrogens (tertiary/aromatic N) is 3. The van der Waals surface area contributed by atoms with E-state index in [-0.39, 0.29) is 5.56 Å². The number of hydrogen-bond acceptors (Lipinski definition) is 8. The number of benzene rings is 2. The first-order valence-electron chi connectivity index (χ1n) is 8.93. The van der Waals surface area contributed by atoms with E-state index in [1.807, 2.05) is 12.1 Å². The minimum atomic E-state index is -0.251. The van der Waals surface area contributed by atoms with Gasteiger partial charge in [-0.25, -0.2) is 0 Å². The molecule has 0 saturated heterocycles. The van der Waals surface area contributed by atoms with Crippen molar-refractivity contribution in [3.05, 3.63) is 56.8 Å². The maximum atomic E-state index is 12.9. The maximum Gasteiger partial charge on any atom is 0.291 e. The fourth-order valence-corrected chi connectivity index (χ4v) is 3.92. The molecule has 0 aliphatic heterocycles. The Labute approximate surface area is 175 Å². The zero-order chi connectivity index (χ0) is 21.3. The number of aromatic nitrogens is 3. The SMILES string of the molecule is COc1ccc(OC)c(C=c2sc3nc(-c4ccc(OC)c(OC)c4)nn3c2=O)c1. The van der Waals surface area contributed by atoms with Crippen molar-refractivity contribution in [2.75, 3.05) is 28.4 Å². The van der Waals surface area contributed by atoms with Crippen LogP contribution in [0.15, 0.2) is 41.2 Å². The Morgan fingerprint density at radius 1 is 0.900 bits per heavy atom. The van der Waals surface area contributed by atoms with Crippen LogP contribution in [0.2, 0.25) is 0 Å². The number of ether oxygens (including phenoxy) is 4. The van der Waals surface area contributed by atoms with Crippen LogP contribution in [0.1, 0.15) is 5.56 Å². The van der Waals surface area contributed by atoms with Crippen molar-refractivity contribution in [1.82, 2.24) is 14.6 Å². The fraction of sp³-hybridized carbons (Fsp3) is 0.190. The smallest absolute Gasteiger partial charge is 0.291 e. The summed E-state index contributed by atoms with van der Waals surface area (Å²) in [7, 11) is 6.30. The molecule has 0 bridgehead atoms. The minimum absolute atomic E-state index is 0.251. The fourth-order valence-electron chi connectivity index (χ4n) is 3.02.